The molecule has 0 radical (unpaired) electrons. The number of hydrogen-bond donors (Lipinski definition) is 17. The highest BCUT2D eigenvalue weighted by atomic mass is 16.8. The zero-order valence-electron chi connectivity index (χ0n) is 49.0. The van der Waals surface area contributed by atoms with Crippen LogP contribution in [0.2, 0.25) is 0 Å². The third-order valence-corrected chi connectivity index (χ3v) is 22.4. The van der Waals surface area contributed by atoms with Gasteiger partial charge < -0.3 is 134 Å². The van der Waals surface area contributed by atoms with E-state index in [1.807, 2.05) is 13.8 Å². The first-order valence-corrected chi connectivity index (χ1v) is 29.8. The average Bonchev–Trinajstić information content (AvgIpc) is 0.961. The molecule has 5 aliphatic heterocycles. The predicted octanol–water partition coefficient (Wildman–Crippen LogP) is -5.38. The number of aliphatic hydroxyl groups excluding tert-OH is 16. The lowest BCUT2D eigenvalue weighted by molar-refractivity contribution is -0.372. The largest absolute Gasteiger partial charge is 0.432 e. The number of aliphatic hydroxyl groups is 17. The molecule has 0 amide bonds. The van der Waals surface area contributed by atoms with Gasteiger partial charge in [-0.15, -0.1) is 0 Å². The molecule has 0 aromatic heterocycles. The minimum atomic E-state index is -2.08. The number of carbonyl (C=O) groups is 1. The standard InChI is InChI=1S/C57H92O28/c1-22-39(81-45-38(72)40(28(64)18-76-45)82-49-43(73)56(75,20-60)21-78-49)35(69)37(71)46(79-22)83-41-32(66)27(63)17-77-48(41)85-50(74)57-11-10-51(2,3)12-24(57)23-8-9-30-52(4)13-26(62)44(84-47-36(70)34(68)33(67)29(16-58)80-47)53(5,19-59)42(52)25(61)14-55(30,7)54(23,6)15-31(57)65/h8,22,24-49,58-73,75H,9-21H2,1-7H3. The minimum Gasteiger partial charge on any atom is -0.432 e. The normalized spacial score (nSPS) is 56.0. The van der Waals surface area contributed by atoms with Gasteiger partial charge in [-0.1, -0.05) is 53.2 Å². The third kappa shape index (κ3) is 10.6. The van der Waals surface area contributed by atoms with Gasteiger partial charge in [-0.3, -0.25) is 4.79 Å². The Hall–Kier alpha value is -1.83. The van der Waals surface area contributed by atoms with Crippen molar-refractivity contribution in [3.63, 3.8) is 0 Å². The Kier molecular flexibility index (Phi) is 18.4. The molecule has 5 saturated heterocycles. The van der Waals surface area contributed by atoms with Gasteiger partial charge in [-0.2, -0.15) is 0 Å². The summed E-state index contributed by atoms with van der Waals surface area (Å²) in [6.07, 6.45) is -35.0. The highest BCUT2D eigenvalue weighted by Gasteiger charge is 2.75. The quantitative estimate of drug-likeness (QED) is 0.0465. The summed E-state index contributed by atoms with van der Waals surface area (Å²) in [6.45, 7) is 9.53. The van der Waals surface area contributed by atoms with Gasteiger partial charge in [-0.05, 0) is 85.4 Å². The SMILES string of the molecule is CC1OC(OC2C(OC(=O)C34CCC(C)(C)CC3C3=CCC5C6(C)CC(O)C(OC7OC(CO)C(O)C(O)C7O)C(C)(CO)C6C(O)CC5(C)C3(C)CC4O)OCC(O)C2O)C(O)C(O)C1OC1OCC(O)C(OC2OCC(O)(CO)C2O)C1O. The Labute approximate surface area is 491 Å². The predicted molar refractivity (Wildman–Crippen MR) is 282 cm³/mol. The summed E-state index contributed by atoms with van der Waals surface area (Å²) in [6, 6.07) is 0. The third-order valence-electron chi connectivity index (χ3n) is 22.4. The van der Waals surface area contributed by atoms with Crippen molar-refractivity contribution in [1.82, 2.24) is 0 Å². The molecule has 85 heavy (non-hydrogen) atoms. The van der Waals surface area contributed by atoms with Crippen LogP contribution in [-0.4, -0.2) is 285 Å². The summed E-state index contributed by atoms with van der Waals surface area (Å²) < 4.78 is 58.5. The van der Waals surface area contributed by atoms with Gasteiger partial charge >= 0.3 is 5.97 Å². The van der Waals surface area contributed by atoms with Crippen molar-refractivity contribution in [2.24, 2.45) is 50.2 Å². The van der Waals surface area contributed by atoms with Crippen LogP contribution in [0.4, 0.5) is 0 Å². The molecular formula is C57H92O28. The first-order valence-electron chi connectivity index (χ1n) is 29.8. The highest BCUT2D eigenvalue weighted by molar-refractivity contribution is 5.80. The Morgan fingerprint density at radius 2 is 1.24 bits per heavy atom. The lowest BCUT2D eigenvalue weighted by atomic mass is 9.32. The lowest BCUT2D eigenvalue weighted by Gasteiger charge is -2.73. The smallest absolute Gasteiger partial charge is 0.317 e. The number of esters is 1. The maximum atomic E-state index is 15.4. The van der Waals surface area contributed by atoms with E-state index in [0.717, 1.165) is 5.57 Å². The van der Waals surface area contributed by atoms with Crippen LogP contribution in [0.5, 0.6) is 0 Å². The molecule has 9 fully saturated rings. The van der Waals surface area contributed by atoms with E-state index in [-0.39, 0.29) is 37.0 Å². The number of carbonyl (C=O) groups excluding carboxylic acids is 1. The Morgan fingerprint density at radius 1 is 0.600 bits per heavy atom. The summed E-state index contributed by atoms with van der Waals surface area (Å²) in [5.41, 5.74) is -7.31. The Bertz CT molecular complexity index is 2400. The molecule has 0 bridgehead atoms. The molecule has 0 spiro atoms. The van der Waals surface area contributed by atoms with Crippen LogP contribution in [0.1, 0.15) is 93.4 Å². The molecule has 5 heterocycles. The average molecular weight is 1230 g/mol. The molecule has 0 aromatic carbocycles. The molecule has 488 valence electrons. The highest BCUT2D eigenvalue weighted by Crippen LogP contribution is 2.76. The van der Waals surface area contributed by atoms with Crippen LogP contribution < -0.4 is 0 Å². The van der Waals surface area contributed by atoms with Crippen molar-refractivity contribution in [2.75, 3.05) is 39.6 Å². The van der Waals surface area contributed by atoms with E-state index in [9.17, 15) is 86.8 Å². The zero-order valence-corrected chi connectivity index (χ0v) is 49.0. The van der Waals surface area contributed by atoms with Crippen LogP contribution in [-0.2, 0) is 52.2 Å². The molecule has 4 saturated carbocycles. The number of allylic oxidation sites excluding steroid dienone is 2. The van der Waals surface area contributed by atoms with Gasteiger partial charge in [0.15, 0.2) is 31.3 Å². The van der Waals surface area contributed by atoms with E-state index >= 15 is 4.79 Å². The van der Waals surface area contributed by atoms with Crippen LogP contribution in [0.3, 0.4) is 0 Å². The maximum Gasteiger partial charge on any atom is 0.317 e. The van der Waals surface area contributed by atoms with Crippen molar-refractivity contribution in [1.29, 1.82) is 0 Å². The Morgan fingerprint density at radius 3 is 1.89 bits per heavy atom. The maximum absolute atomic E-state index is 15.4. The van der Waals surface area contributed by atoms with Crippen LogP contribution >= 0.6 is 0 Å². The van der Waals surface area contributed by atoms with E-state index < -0.39 is 238 Å². The molecule has 28 nitrogen and oxygen atoms in total. The summed E-state index contributed by atoms with van der Waals surface area (Å²) >= 11 is 0. The fraction of sp³-hybridized carbons (Fsp3) is 0.947. The number of ether oxygens (including phenoxy) is 10. The molecule has 10 rings (SSSR count). The molecule has 33 atom stereocenters. The van der Waals surface area contributed by atoms with Gasteiger partial charge in [0.25, 0.3) is 0 Å². The molecule has 0 aromatic rings. The van der Waals surface area contributed by atoms with Gasteiger partial charge in [0.1, 0.15) is 90.4 Å². The second kappa shape index (κ2) is 23.7. The molecule has 33 unspecified atom stereocenters. The summed E-state index contributed by atoms with van der Waals surface area (Å²) in [7, 11) is 0. The van der Waals surface area contributed by atoms with Crippen molar-refractivity contribution >= 4 is 5.97 Å². The molecule has 28 heteroatoms. The first kappa shape index (κ1) is 66.1. The van der Waals surface area contributed by atoms with Crippen molar-refractivity contribution in [3.8, 4) is 0 Å². The van der Waals surface area contributed by atoms with Crippen LogP contribution in [0.25, 0.3) is 0 Å². The van der Waals surface area contributed by atoms with E-state index in [2.05, 4.69) is 26.8 Å². The van der Waals surface area contributed by atoms with E-state index in [4.69, 9.17) is 47.4 Å². The van der Waals surface area contributed by atoms with Gasteiger partial charge in [0.05, 0.1) is 70.2 Å². The van der Waals surface area contributed by atoms with E-state index in [1.54, 1.807) is 6.92 Å². The number of rotatable bonds is 13. The van der Waals surface area contributed by atoms with E-state index in [0.29, 0.717) is 19.3 Å². The fourth-order valence-electron chi connectivity index (χ4n) is 17.5. The number of fused-ring (bicyclic) bond motifs is 7. The van der Waals surface area contributed by atoms with Crippen LogP contribution in [0, 0.1) is 50.2 Å². The molecule has 10 aliphatic rings. The Balaban J connectivity index is 0.867. The fourth-order valence-corrected chi connectivity index (χ4v) is 17.5. The monoisotopic (exact) mass is 1220 g/mol. The number of hydrogen-bond acceptors (Lipinski definition) is 28. The zero-order chi connectivity index (χ0) is 62.2. The molecule has 17 N–H and O–H groups in total. The van der Waals surface area contributed by atoms with Gasteiger partial charge in [-0.25, -0.2) is 0 Å². The second-order valence-corrected chi connectivity index (χ2v) is 28.1. The van der Waals surface area contributed by atoms with Crippen molar-refractivity contribution in [3.05, 3.63) is 11.6 Å². The first-order chi connectivity index (χ1) is 39.7. The molecular weight excluding hydrogens is 1130 g/mol. The van der Waals surface area contributed by atoms with Crippen molar-refractivity contribution in [2.45, 2.75) is 246 Å². The summed E-state index contributed by atoms with van der Waals surface area (Å²) in [5, 5.41) is 189. The summed E-state index contributed by atoms with van der Waals surface area (Å²) in [4.78, 5) is 15.4. The van der Waals surface area contributed by atoms with Gasteiger partial charge in [0.2, 0.25) is 6.29 Å². The van der Waals surface area contributed by atoms with Gasteiger partial charge in [0, 0.05) is 11.3 Å². The van der Waals surface area contributed by atoms with Crippen LogP contribution in [0.15, 0.2) is 11.6 Å². The summed E-state index contributed by atoms with van der Waals surface area (Å²) in [5.74, 6) is -2.63. The second-order valence-electron chi connectivity index (χ2n) is 28.1. The van der Waals surface area contributed by atoms with E-state index in [1.165, 1.54) is 6.92 Å². The van der Waals surface area contributed by atoms with Crippen molar-refractivity contribution < 1.29 is 139 Å². The minimum absolute atomic E-state index is 0.00608. The lowest BCUT2D eigenvalue weighted by Crippen LogP contribution is -2.73. The topological polar surface area (TPSA) is 453 Å². The molecule has 5 aliphatic carbocycles.